The molecule has 1 aliphatic heterocycles. The van der Waals surface area contributed by atoms with Gasteiger partial charge in [0.15, 0.2) is 5.15 Å². The zero-order valence-electron chi connectivity index (χ0n) is 14.6. The number of ether oxygens (including phenoxy) is 1. The molecule has 3 N–H and O–H groups in total. The van der Waals surface area contributed by atoms with Gasteiger partial charge in [0.1, 0.15) is 35.4 Å². The number of halogens is 2. The second kappa shape index (κ2) is 7.47. The predicted molar refractivity (Wildman–Crippen MR) is 103 cm³/mol. The van der Waals surface area contributed by atoms with Crippen LogP contribution >= 0.6 is 23.2 Å². The van der Waals surface area contributed by atoms with Gasteiger partial charge in [0.2, 0.25) is 5.28 Å². The van der Waals surface area contributed by atoms with Gasteiger partial charge in [-0.05, 0) is 23.7 Å². The zero-order chi connectivity index (χ0) is 20.9. The maximum absolute atomic E-state index is 13.2. The van der Waals surface area contributed by atoms with Crippen molar-refractivity contribution in [1.82, 2.24) is 13.9 Å². The molecule has 29 heavy (non-hydrogen) atoms. The minimum atomic E-state index is -4.10. The number of hydrogen-bond donors (Lipinski definition) is 3. The number of nitrogens with zero attached hydrogens (tertiary/aromatic N) is 3. The normalized spacial score (nSPS) is 25.0. The Bertz CT molecular complexity index is 1170. The van der Waals surface area contributed by atoms with Crippen molar-refractivity contribution < 1.29 is 28.5 Å². The van der Waals surface area contributed by atoms with E-state index in [1.165, 1.54) is 18.3 Å². The van der Waals surface area contributed by atoms with E-state index in [9.17, 15) is 23.7 Å². The highest BCUT2D eigenvalue weighted by molar-refractivity contribution is 7.90. The zero-order valence-corrected chi connectivity index (χ0v) is 16.9. The van der Waals surface area contributed by atoms with Crippen LogP contribution in [0.3, 0.4) is 0 Å². The van der Waals surface area contributed by atoms with Crippen molar-refractivity contribution in [2.45, 2.75) is 29.3 Å². The molecule has 0 radical (unpaired) electrons. The topological polar surface area (TPSA) is 135 Å². The Kier molecular flexibility index (Phi) is 5.28. The van der Waals surface area contributed by atoms with Crippen molar-refractivity contribution in [1.29, 1.82) is 0 Å². The molecule has 4 atom stereocenters. The molecule has 1 aliphatic rings. The summed E-state index contributed by atoms with van der Waals surface area (Å²) in [6.07, 6.45) is -3.82. The first-order valence-corrected chi connectivity index (χ1v) is 10.6. The maximum Gasteiger partial charge on any atom is 0.268 e. The fraction of sp³-hybridized carbons (Fsp3) is 0.294. The number of fused-ring (bicyclic) bond motifs is 1. The summed E-state index contributed by atoms with van der Waals surface area (Å²) >= 11 is 12.1. The number of aromatic nitrogens is 3. The van der Waals surface area contributed by atoms with E-state index in [-0.39, 0.29) is 31.9 Å². The summed E-state index contributed by atoms with van der Waals surface area (Å²) in [6.45, 7) is -0.536. The summed E-state index contributed by atoms with van der Waals surface area (Å²) in [6, 6.07) is 7.64. The number of aliphatic hydroxyl groups is 3. The van der Waals surface area contributed by atoms with Gasteiger partial charge in [-0.1, -0.05) is 29.8 Å². The standard InChI is InChI=1S/C17H15Cl2N3O6S/c18-16-12-11(20-17(19)21-16)9(15-14(25)13(24)10(7-23)28-15)6-22(12)29(26,27)8-4-2-1-3-5-8/h1-6,10,13-15,23-25H,7H2/t10-,13-,14-,15+/m1/s1. The largest absolute Gasteiger partial charge is 0.394 e. The summed E-state index contributed by atoms with van der Waals surface area (Å²) in [5.41, 5.74) is 0.130. The van der Waals surface area contributed by atoms with Crippen molar-refractivity contribution in [3.8, 4) is 0 Å². The summed E-state index contributed by atoms with van der Waals surface area (Å²) in [5.74, 6) is 0. The quantitative estimate of drug-likeness (QED) is 0.390. The van der Waals surface area contributed by atoms with E-state index in [0.717, 1.165) is 3.97 Å². The van der Waals surface area contributed by atoms with Crippen LogP contribution in [-0.2, 0) is 14.8 Å². The van der Waals surface area contributed by atoms with Crippen LogP contribution in [0.15, 0.2) is 41.4 Å². The number of aliphatic hydroxyl groups excluding tert-OH is 3. The van der Waals surface area contributed by atoms with Gasteiger partial charge in [0, 0.05) is 11.8 Å². The monoisotopic (exact) mass is 459 g/mol. The molecule has 0 saturated carbocycles. The van der Waals surface area contributed by atoms with Gasteiger partial charge in [-0.15, -0.1) is 0 Å². The molecule has 2 aromatic heterocycles. The van der Waals surface area contributed by atoms with Gasteiger partial charge < -0.3 is 20.1 Å². The smallest absolute Gasteiger partial charge is 0.268 e. The lowest BCUT2D eigenvalue weighted by molar-refractivity contribution is -0.0224. The molecule has 1 fully saturated rings. The molecule has 0 bridgehead atoms. The molecule has 3 heterocycles. The lowest BCUT2D eigenvalue weighted by atomic mass is 10.0. The molecule has 1 saturated heterocycles. The number of hydrogen-bond acceptors (Lipinski definition) is 8. The predicted octanol–water partition coefficient (Wildman–Crippen LogP) is 1.13. The second-order valence-corrected chi connectivity index (χ2v) is 8.95. The van der Waals surface area contributed by atoms with E-state index >= 15 is 0 Å². The van der Waals surface area contributed by atoms with Crippen molar-refractivity contribution >= 4 is 44.3 Å². The van der Waals surface area contributed by atoms with E-state index in [0.29, 0.717) is 0 Å². The molecule has 154 valence electrons. The van der Waals surface area contributed by atoms with Crippen LogP contribution in [0.1, 0.15) is 11.7 Å². The van der Waals surface area contributed by atoms with Crippen LogP contribution < -0.4 is 0 Å². The molecule has 0 amide bonds. The third-order valence-electron chi connectivity index (χ3n) is 4.71. The first-order chi connectivity index (χ1) is 13.8. The molecule has 1 aromatic carbocycles. The van der Waals surface area contributed by atoms with Gasteiger partial charge >= 0.3 is 0 Å². The molecule has 9 nitrogen and oxygen atoms in total. The van der Waals surface area contributed by atoms with E-state index in [4.69, 9.17) is 27.9 Å². The SMILES string of the molecule is O=S(=O)(c1ccccc1)n1cc([C@@H]2O[C@H](CO)[C@@H](O)[C@H]2O)c2nc(Cl)nc(Cl)c21. The minimum absolute atomic E-state index is 0.00405. The Morgan fingerprint density at radius 2 is 1.79 bits per heavy atom. The van der Waals surface area contributed by atoms with Gasteiger partial charge in [0.05, 0.1) is 11.5 Å². The fourth-order valence-corrected chi connectivity index (χ4v) is 5.23. The Morgan fingerprint density at radius 1 is 1.10 bits per heavy atom. The average molecular weight is 460 g/mol. The Balaban J connectivity index is 1.97. The molecular weight excluding hydrogens is 445 g/mol. The number of benzene rings is 1. The highest BCUT2D eigenvalue weighted by Gasteiger charge is 2.45. The van der Waals surface area contributed by atoms with E-state index < -0.39 is 41.0 Å². The van der Waals surface area contributed by atoms with E-state index in [1.807, 2.05) is 0 Å². The molecule has 4 rings (SSSR count). The Labute approximate surface area is 175 Å². The molecule has 0 spiro atoms. The van der Waals surface area contributed by atoms with Crippen LogP contribution in [0.25, 0.3) is 11.0 Å². The third kappa shape index (κ3) is 3.30. The van der Waals surface area contributed by atoms with Crippen LogP contribution in [0.4, 0.5) is 0 Å². The molecule has 0 aliphatic carbocycles. The summed E-state index contributed by atoms with van der Waals surface area (Å²) in [4.78, 5) is 7.88. The lowest BCUT2D eigenvalue weighted by Crippen LogP contribution is -2.32. The van der Waals surface area contributed by atoms with Gasteiger partial charge in [-0.3, -0.25) is 0 Å². The van der Waals surface area contributed by atoms with Crippen LogP contribution in [0.2, 0.25) is 10.4 Å². The lowest BCUT2D eigenvalue weighted by Gasteiger charge is -2.13. The number of rotatable bonds is 4. The molecule has 12 heteroatoms. The van der Waals surface area contributed by atoms with Gasteiger partial charge in [0.25, 0.3) is 10.0 Å². The summed E-state index contributed by atoms with van der Waals surface area (Å²) < 4.78 is 32.8. The Morgan fingerprint density at radius 3 is 2.41 bits per heavy atom. The fourth-order valence-electron chi connectivity index (χ4n) is 3.31. The van der Waals surface area contributed by atoms with Crippen molar-refractivity contribution in [2.24, 2.45) is 0 Å². The van der Waals surface area contributed by atoms with Gasteiger partial charge in [-0.2, -0.15) is 0 Å². The first kappa shape index (κ1) is 20.5. The summed E-state index contributed by atoms with van der Waals surface area (Å²) in [7, 11) is -4.10. The van der Waals surface area contributed by atoms with E-state index in [1.54, 1.807) is 18.2 Å². The maximum atomic E-state index is 13.2. The first-order valence-electron chi connectivity index (χ1n) is 8.42. The summed E-state index contributed by atoms with van der Waals surface area (Å²) in [5, 5.41) is 29.4. The highest BCUT2D eigenvalue weighted by Crippen LogP contribution is 2.40. The van der Waals surface area contributed by atoms with Crippen LogP contribution in [0.5, 0.6) is 0 Å². The molecular formula is C17H15Cl2N3O6S. The van der Waals surface area contributed by atoms with Gasteiger partial charge in [-0.25, -0.2) is 22.4 Å². The molecule has 3 aromatic rings. The third-order valence-corrected chi connectivity index (χ3v) is 6.82. The second-order valence-electron chi connectivity index (χ2n) is 6.44. The highest BCUT2D eigenvalue weighted by atomic mass is 35.5. The van der Waals surface area contributed by atoms with Crippen molar-refractivity contribution in [2.75, 3.05) is 6.61 Å². The van der Waals surface area contributed by atoms with E-state index in [2.05, 4.69) is 9.97 Å². The molecule has 0 unspecified atom stereocenters. The Hall–Kier alpha value is -1.79. The van der Waals surface area contributed by atoms with Crippen LogP contribution in [-0.4, -0.2) is 62.6 Å². The van der Waals surface area contributed by atoms with Crippen molar-refractivity contribution in [3.63, 3.8) is 0 Å². The van der Waals surface area contributed by atoms with Crippen molar-refractivity contribution in [3.05, 3.63) is 52.5 Å². The minimum Gasteiger partial charge on any atom is -0.394 e. The average Bonchev–Trinajstić information content (AvgIpc) is 3.21. The van der Waals surface area contributed by atoms with Crippen LogP contribution in [0, 0.1) is 0 Å².